The van der Waals surface area contributed by atoms with Crippen LogP contribution >= 0.6 is 0 Å². The molecule has 1 heterocycles. The van der Waals surface area contributed by atoms with E-state index in [-0.39, 0.29) is 0 Å². The second kappa shape index (κ2) is 9.98. The molecule has 1 aliphatic rings. The summed E-state index contributed by atoms with van der Waals surface area (Å²) in [6.07, 6.45) is -1.64. The van der Waals surface area contributed by atoms with E-state index < -0.39 is 30.3 Å². The molecule has 5 nitrogen and oxygen atoms in total. The summed E-state index contributed by atoms with van der Waals surface area (Å²) in [5.74, 6) is 5.52. The minimum atomic E-state index is -1.19. The smallest absolute Gasteiger partial charge is 0.344 e. The number of amides is 2. The number of carbonyl (C=O) groups is 1. The lowest BCUT2D eigenvalue weighted by Crippen LogP contribution is -2.49. The quantitative estimate of drug-likeness (QED) is 0.773. The standard InChI is InChI=1S/C25H26N2O3/c1-3-15-26-21(17-19-11-7-5-8-12-19)23(28)24(29)22(27(16-4-2)25(26)30)18-20-13-9-6-10-14-20/h5-14,21-24,28-29H,17-18H2,1-2H3/t21-,22-,23+,24+/m1/s1. The molecule has 5 heteroatoms. The molecule has 154 valence electrons. The number of aliphatic hydroxyl groups excluding tert-OH is 2. The molecule has 1 fully saturated rings. The number of nitrogens with zero attached hydrogens (tertiary/aromatic N) is 2. The first-order chi connectivity index (χ1) is 14.6. The van der Waals surface area contributed by atoms with Crippen LogP contribution in [0.1, 0.15) is 25.0 Å². The molecule has 2 aromatic rings. The number of benzene rings is 2. The first-order valence-corrected chi connectivity index (χ1v) is 9.98. The lowest BCUT2D eigenvalue weighted by molar-refractivity contribution is -0.0306. The highest BCUT2D eigenvalue weighted by Crippen LogP contribution is 2.26. The van der Waals surface area contributed by atoms with Crippen molar-refractivity contribution in [2.75, 3.05) is 0 Å². The molecule has 1 aliphatic heterocycles. The number of urea groups is 1. The predicted molar refractivity (Wildman–Crippen MR) is 116 cm³/mol. The van der Waals surface area contributed by atoms with Gasteiger partial charge in [0.05, 0.1) is 12.1 Å². The minimum Gasteiger partial charge on any atom is -0.388 e. The summed E-state index contributed by atoms with van der Waals surface area (Å²) in [5, 5.41) is 22.3. The third kappa shape index (κ3) is 4.66. The third-order valence-corrected chi connectivity index (χ3v) is 5.25. The summed E-state index contributed by atoms with van der Waals surface area (Å²) >= 11 is 0. The molecule has 0 unspecified atom stereocenters. The first kappa shape index (κ1) is 21.5. The maximum Gasteiger partial charge on any atom is 0.344 e. The van der Waals surface area contributed by atoms with Crippen molar-refractivity contribution in [3.8, 4) is 23.9 Å². The Bertz CT molecular complexity index is 890. The van der Waals surface area contributed by atoms with Crippen LogP contribution in [0.15, 0.2) is 60.7 Å². The van der Waals surface area contributed by atoms with Gasteiger partial charge in [-0.15, -0.1) is 0 Å². The van der Waals surface area contributed by atoms with Crippen LogP contribution in [-0.4, -0.2) is 50.3 Å². The van der Waals surface area contributed by atoms with E-state index in [1.165, 1.54) is 9.80 Å². The van der Waals surface area contributed by atoms with Crippen molar-refractivity contribution in [2.45, 2.75) is 51.0 Å². The van der Waals surface area contributed by atoms with Crippen molar-refractivity contribution < 1.29 is 15.0 Å². The highest BCUT2D eigenvalue weighted by atomic mass is 16.3. The number of hydrogen-bond acceptors (Lipinski definition) is 3. The van der Waals surface area contributed by atoms with Gasteiger partial charge in [-0.25, -0.2) is 14.6 Å². The van der Waals surface area contributed by atoms with Gasteiger partial charge in [-0.05, 0) is 37.8 Å². The average molecular weight is 402 g/mol. The molecule has 3 rings (SSSR count). The van der Waals surface area contributed by atoms with Crippen molar-refractivity contribution in [1.82, 2.24) is 9.80 Å². The molecule has 0 radical (unpaired) electrons. The van der Waals surface area contributed by atoms with Crippen LogP contribution in [-0.2, 0) is 12.8 Å². The Morgan fingerprint density at radius 3 is 1.43 bits per heavy atom. The Balaban J connectivity index is 2.03. The number of aliphatic hydroxyl groups is 2. The first-order valence-electron chi connectivity index (χ1n) is 9.98. The number of rotatable bonds is 4. The van der Waals surface area contributed by atoms with E-state index in [0.29, 0.717) is 12.8 Å². The Kier molecular flexibility index (Phi) is 7.14. The van der Waals surface area contributed by atoms with E-state index >= 15 is 0 Å². The Morgan fingerprint density at radius 1 is 0.733 bits per heavy atom. The van der Waals surface area contributed by atoms with Gasteiger partial charge in [-0.2, -0.15) is 0 Å². The van der Waals surface area contributed by atoms with E-state index in [2.05, 4.69) is 23.9 Å². The summed E-state index contributed by atoms with van der Waals surface area (Å²) in [6.45, 7) is 3.27. The van der Waals surface area contributed by atoms with Crippen molar-refractivity contribution in [2.24, 2.45) is 0 Å². The fraction of sp³-hybridized carbons (Fsp3) is 0.320. The monoisotopic (exact) mass is 402 g/mol. The zero-order valence-electron chi connectivity index (χ0n) is 17.2. The van der Waals surface area contributed by atoms with E-state index in [0.717, 1.165) is 11.1 Å². The van der Waals surface area contributed by atoms with Crippen LogP contribution in [0.25, 0.3) is 0 Å². The lowest BCUT2D eigenvalue weighted by atomic mass is 9.91. The molecule has 4 atom stereocenters. The lowest BCUT2D eigenvalue weighted by Gasteiger charge is -2.30. The molecule has 2 aromatic carbocycles. The van der Waals surface area contributed by atoms with E-state index in [4.69, 9.17) is 0 Å². The maximum atomic E-state index is 13.4. The summed E-state index contributed by atoms with van der Waals surface area (Å²) in [4.78, 5) is 16.1. The van der Waals surface area contributed by atoms with Gasteiger partial charge in [-0.1, -0.05) is 72.5 Å². The van der Waals surface area contributed by atoms with Gasteiger partial charge < -0.3 is 10.2 Å². The van der Waals surface area contributed by atoms with E-state index in [1.54, 1.807) is 13.8 Å². The zero-order valence-corrected chi connectivity index (χ0v) is 17.2. The number of carbonyl (C=O) groups excluding carboxylic acids is 1. The maximum absolute atomic E-state index is 13.4. The van der Waals surface area contributed by atoms with Crippen LogP contribution in [0.2, 0.25) is 0 Å². The molecule has 2 N–H and O–H groups in total. The third-order valence-electron chi connectivity index (χ3n) is 5.25. The van der Waals surface area contributed by atoms with Crippen LogP contribution in [0, 0.1) is 23.9 Å². The summed E-state index contributed by atoms with van der Waals surface area (Å²) in [7, 11) is 0. The Hall–Kier alpha value is -3.25. The Morgan fingerprint density at radius 2 is 1.10 bits per heavy atom. The molecular formula is C25H26N2O3. The minimum absolute atomic E-state index is 0.366. The largest absolute Gasteiger partial charge is 0.388 e. The van der Waals surface area contributed by atoms with Gasteiger partial charge in [0.25, 0.3) is 0 Å². The van der Waals surface area contributed by atoms with E-state index in [1.807, 2.05) is 60.7 Å². The van der Waals surface area contributed by atoms with Crippen LogP contribution in [0.3, 0.4) is 0 Å². The van der Waals surface area contributed by atoms with Crippen LogP contribution in [0.5, 0.6) is 0 Å². The molecule has 0 saturated carbocycles. The molecule has 0 spiro atoms. The second-order valence-corrected chi connectivity index (χ2v) is 7.24. The molecule has 0 bridgehead atoms. The van der Waals surface area contributed by atoms with Crippen molar-refractivity contribution in [3.63, 3.8) is 0 Å². The van der Waals surface area contributed by atoms with Crippen molar-refractivity contribution in [3.05, 3.63) is 71.8 Å². The summed E-state index contributed by atoms with van der Waals surface area (Å²) < 4.78 is 0. The molecule has 1 saturated heterocycles. The van der Waals surface area contributed by atoms with E-state index in [9.17, 15) is 15.0 Å². The average Bonchev–Trinajstić information content (AvgIpc) is 2.83. The molecule has 0 aliphatic carbocycles. The summed E-state index contributed by atoms with van der Waals surface area (Å²) in [6, 6.07) is 22.9. The second-order valence-electron chi connectivity index (χ2n) is 7.24. The van der Waals surface area contributed by atoms with Crippen molar-refractivity contribution in [1.29, 1.82) is 0 Å². The van der Waals surface area contributed by atoms with Crippen LogP contribution < -0.4 is 0 Å². The van der Waals surface area contributed by atoms with Gasteiger partial charge in [0.1, 0.15) is 12.2 Å². The zero-order chi connectivity index (χ0) is 21.5. The van der Waals surface area contributed by atoms with Crippen molar-refractivity contribution >= 4 is 6.03 Å². The van der Waals surface area contributed by atoms with Gasteiger partial charge >= 0.3 is 6.03 Å². The topological polar surface area (TPSA) is 64.0 Å². The van der Waals surface area contributed by atoms with Gasteiger partial charge in [-0.3, -0.25) is 0 Å². The fourth-order valence-electron chi connectivity index (χ4n) is 3.80. The Labute approximate surface area is 177 Å². The van der Waals surface area contributed by atoms with Gasteiger partial charge in [0.2, 0.25) is 0 Å². The normalized spacial score (nSPS) is 23.7. The highest BCUT2D eigenvalue weighted by molar-refractivity contribution is 5.80. The highest BCUT2D eigenvalue weighted by Gasteiger charge is 2.46. The molecule has 0 aromatic heterocycles. The fourth-order valence-corrected chi connectivity index (χ4v) is 3.80. The van der Waals surface area contributed by atoms with Crippen LogP contribution in [0.4, 0.5) is 4.79 Å². The summed E-state index contributed by atoms with van der Waals surface area (Å²) in [5.41, 5.74) is 1.89. The number of hydrogen-bond donors (Lipinski definition) is 2. The van der Waals surface area contributed by atoms with Gasteiger partial charge in [0.15, 0.2) is 0 Å². The molecular weight excluding hydrogens is 376 g/mol. The molecule has 2 amide bonds. The van der Waals surface area contributed by atoms with Gasteiger partial charge in [0, 0.05) is 12.1 Å². The molecule has 30 heavy (non-hydrogen) atoms. The predicted octanol–water partition coefficient (Wildman–Crippen LogP) is 2.63. The SMILES string of the molecule is CC#CN1C(=O)N(C#CC)[C@H](Cc2ccccc2)[C@H](O)[C@@H](O)[C@H]1Cc1ccccc1.